The number of aliphatic imine (C=N–C) groups is 1. The van der Waals surface area contributed by atoms with E-state index in [1.807, 2.05) is 0 Å². The predicted molar refractivity (Wildman–Crippen MR) is 73.6 cm³/mol. The summed E-state index contributed by atoms with van der Waals surface area (Å²) in [5.74, 6) is -0.256. The Kier molecular flexibility index (Phi) is 3.04. The standard InChI is InChI=1S/C14H14FN4O2/c1-17-12-11(13(20)18(2)14(17)21)19(8-16-12)7-9-4-3-5-10(15)6-9/h3-6,8,11H,7H2,1-2H3/q+1. The van der Waals surface area contributed by atoms with Gasteiger partial charge in [-0.05, 0) is 22.7 Å². The van der Waals surface area contributed by atoms with Gasteiger partial charge in [0.15, 0.2) is 0 Å². The molecule has 0 bridgehead atoms. The van der Waals surface area contributed by atoms with Crippen molar-refractivity contribution in [1.82, 2.24) is 9.80 Å². The van der Waals surface area contributed by atoms with Crippen molar-refractivity contribution in [2.24, 2.45) is 4.99 Å². The topological polar surface area (TPSA) is 56.0 Å². The highest BCUT2D eigenvalue weighted by Crippen LogP contribution is 2.18. The number of likely N-dealkylation sites (N-methyl/N-ethyl adjacent to an activating group) is 2. The van der Waals surface area contributed by atoms with Crippen LogP contribution in [-0.4, -0.2) is 58.6 Å². The van der Waals surface area contributed by atoms with E-state index in [1.54, 1.807) is 23.8 Å². The fraction of sp³-hybridized carbons (Fsp3) is 0.286. The second-order valence-corrected chi connectivity index (χ2v) is 5.05. The molecule has 3 rings (SSSR count). The number of amidine groups is 1. The highest BCUT2D eigenvalue weighted by molar-refractivity contribution is 6.21. The Labute approximate surface area is 120 Å². The van der Waals surface area contributed by atoms with Crippen LogP contribution in [0.2, 0.25) is 0 Å². The first-order chi connectivity index (χ1) is 9.99. The van der Waals surface area contributed by atoms with Crippen LogP contribution in [0.4, 0.5) is 9.18 Å². The van der Waals surface area contributed by atoms with E-state index in [0.717, 1.165) is 10.5 Å². The van der Waals surface area contributed by atoms with Gasteiger partial charge in [0.05, 0.1) is 0 Å². The van der Waals surface area contributed by atoms with Gasteiger partial charge in [-0.1, -0.05) is 12.1 Å². The molecule has 1 atom stereocenters. The molecule has 0 radical (unpaired) electrons. The van der Waals surface area contributed by atoms with Crippen LogP contribution in [0, 0.1) is 5.82 Å². The first kappa shape index (κ1) is 13.4. The Bertz CT molecular complexity index is 698. The number of halogens is 1. The molecule has 2 aliphatic rings. The van der Waals surface area contributed by atoms with Crippen molar-refractivity contribution in [2.75, 3.05) is 14.1 Å². The molecule has 2 aliphatic heterocycles. The lowest BCUT2D eigenvalue weighted by atomic mass is 10.1. The Morgan fingerprint density at radius 3 is 2.76 bits per heavy atom. The number of rotatable bonds is 2. The molecule has 7 heteroatoms. The number of hydrogen-bond acceptors (Lipinski definition) is 3. The average Bonchev–Trinajstić information content (AvgIpc) is 2.87. The van der Waals surface area contributed by atoms with Crippen molar-refractivity contribution in [3.8, 4) is 0 Å². The van der Waals surface area contributed by atoms with Gasteiger partial charge in [-0.15, -0.1) is 0 Å². The monoisotopic (exact) mass is 289 g/mol. The minimum absolute atomic E-state index is 0.327. The van der Waals surface area contributed by atoms with Gasteiger partial charge in [-0.3, -0.25) is 14.6 Å². The fourth-order valence-corrected chi connectivity index (χ4v) is 2.52. The van der Waals surface area contributed by atoms with Crippen LogP contribution >= 0.6 is 0 Å². The first-order valence-electron chi connectivity index (χ1n) is 6.45. The molecule has 1 aromatic rings. The van der Waals surface area contributed by atoms with E-state index in [9.17, 15) is 14.0 Å². The molecular weight excluding hydrogens is 275 g/mol. The van der Waals surface area contributed by atoms with Crippen LogP contribution in [0.25, 0.3) is 0 Å². The maximum Gasteiger partial charge on any atom is 0.333 e. The van der Waals surface area contributed by atoms with Gasteiger partial charge in [0.1, 0.15) is 12.4 Å². The van der Waals surface area contributed by atoms with Crippen LogP contribution in [0.15, 0.2) is 29.3 Å². The smallest absolute Gasteiger partial charge is 0.269 e. The minimum Gasteiger partial charge on any atom is -0.269 e. The lowest BCUT2D eigenvalue weighted by Crippen LogP contribution is -2.61. The van der Waals surface area contributed by atoms with Crippen molar-refractivity contribution < 1.29 is 18.6 Å². The Morgan fingerprint density at radius 2 is 2.05 bits per heavy atom. The SMILES string of the molecule is CN1C(=O)C2C(=NC=[N+]2Cc2cccc(F)c2)N(C)C1=O. The highest BCUT2D eigenvalue weighted by atomic mass is 19.1. The van der Waals surface area contributed by atoms with Crippen molar-refractivity contribution in [1.29, 1.82) is 0 Å². The molecule has 108 valence electrons. The third-order valence-electron chi connectivity index (χ3n) is 3.65. The molecule has 1 fully saturated rings. The number of urea groups is 1. The summed E-state index contributed by atoms with van der Waals surface area (Å²) in [5.41, 5.74) is 0.734. The molecule has 1 unspecified atom stereocenters. The molecule has 0 aromatic heterocycles. The molecule has 0 saturated carbocycles. The van der Waals surface area contributed by atoms with Crippen molar-refractivity contribution in [3.63, 3.8) is 0 Å². The fourth-order valence-electron chi connectivity index (χ4n) is 2.52. The Morgan fingerprint density at radius 1 is 1.29 bits per heavy atom. The number of carbonyl (C=O) groups excluding carboxylic acids is 2. The van der Waals surface area contributed by atoms with Crippen LogP contribution < -0.4 is 0 Å². The molecule has 3 amide bonds. The zero-order valence-corrected chi connectivity index (χ0v) is 11.7. The quantitative estimate of drug-likeness (QED) is 0.751. The first-order valence-corrected chi connectivity index (χ1v) is 6.45. The van der Waals surface area contributed by atoms with Gasteiger partial charge >= 0.3 is 6.03 Å². The summed E-state index contributed by atoms with van der Waals surface area (Å²) in [4.78, 5) is 30.7. The predicted octanol–water partition coefficient (Wildman–Crippen LogP) is 0.671. The van der Waals surface area contributed by atoms with Gasteiger partial charge in [0.2, 0.25) is 0 Å². The van der Waals surface area contributed by atoms with Gasteiger partial charge in [0.25, 0.3) is 24.1 Å². The van der Waals surface area contributed by atoms with Crippen molar-refractivity contribution >= 4 is 24.1 Å². The van der Waals surface area contributed by atoms with Crippen molar-refractivity contribution in [3.05, 3.63) is 35.6 Å². The van der Waals surface area contributed by atoms with E-state index >= 15 is 0 Å². The molecule has 1 aromatic carbocycles. The maximum absolute atomic E-state index is 13.2. The van der Waals surface area contributed by atoms with E-state index in [0.29, 0.717) is 12.4 Å². The van der Waals surface area contributed by atoms with Crippen LogP contribution in [-0.2, 0) is 11.3 Å². The summed E-state index contributed by atoms with van der Waals surface area (Å²) >= 11 is 0. The van der Waals surface area contributed by atoms with Crippen molar-refractivity contribution in [2.45, 2.75) is 12.6 Å². The van der Waals surface area contributed by atoms with Gasteiger partial charge in [-0.2, -0.15) is 0 Å². The van der Waals surface area contributed by atoms with E-state index in [1.165, 1.54) is 30.4 Å². The number of benzene rings is 1. The lowest BCUT2D eigenvalue weighted by Gasteiger charge is -2.30. The van der Waals surface area contributed by atoms with E-state index in [4.69, 9.17) is 0 Å². The third kappa shape index (κ3) is 2.10. The van der Waals surface area contributed by atoms with Crippen LogP contribution in [0.5, 0.6) is 0 Å². The number of imide groups is 1. The number of hydrogen-bond donors (Lipinski definition) is 0. The second kappa shape index (κ2) is 4.76. The summed E-state index contributed by atoms with van der Waals surface area (Å²) in [5, 5.41) is 0. The van der Waals surface area contributed by atoms with Crippen LogP contribution in [0.1, 0.15) is 5.56 Å². The summed E-state index contributed by atoms with van der Waals surface area (Å²) in [6.07, 6.45) is 1.52. The zero-order chi connectivity index (χ0) is 15.1. The minimum atomic E-state index is -0.638. The van der Waals surface area contributed by atoms with E-state index in [2.05, 4.69) is 4.99 Å². The zero-order valence-electron chi connectivity index (χ0n) is 11.7. The lowest BCUT2D eigenvalue weighted by molar-refractivity contribution is -0.547. The number of carbonyl (C=O) groups is 2. The molecule has 0 N–H and O–H groups in total. The number of amides is 3. The molecular formula is C14H14FN4O2+. The van der Waals surface area contributed by atoms with Gasteiger partial charge in [0, 0.05) is 14.1 Å². The van der Waals surface area contributed by atoms with Crippen LogP contribution in [0.3, 0.4) is 0 Å². The van der Waals surface area contributed by atoms with E-state index in [-0.39, 0.29) is 11.7 Å². The van der Waals surface area contributed by atoms with Gasteiger partial charge in [-0.25, -0.2) is 13.8 Å². The average molecular weight is 289 g/mol. The maximum atomic E-state index is 13.2. The normalized spacial score (nSPS) is 21.4. The summed E-state index contributed by atoms with van der Waals surface area (Å²) in [7, 11) is 3.02. The third-order valence-corrected chi connectivity index (χ3v) is 3.65. The number of fused-ring (bicyclic) bond motifs is 1. The molecule has 0 spiro atoms. The molecule has 2 heterocycles. The highest BCUT2D eigenvalue weighted by Gasteiger charge is 2.50. The largest absolute Gasteiger partial charge is 0.333 e. The van der Waals surface area contributed by atoms with E-state index < -0.39 is 12.1 Å². The molecule has 1 saturated heterocycles. The number of nitrogens with zero attached hydrogens (tertiary/aromatic N) is 4. The molecule has 6 nitrogen and oxygen atoms in total. The van der Waals surface area contributed by atoms with Gasteiger partial charge < -0.3 is 0 Å². The molecule has 21 heavy (non-hydrogen) atoms. The summed E-state index contributed by atoms with van der Waals surface area (Å²) < 4.78 is 14.9. The Balaban J connectivity index is 1.87. The summed E-state index contributed by atoms with van der Waals surface area (Å²) in [6, 6.07) is 5.13. The second-order valence-electron chi connectivity index (χ2n) is 5.05. The molecule has 0 aliphatic carbocycles. The Hall–Kier alpha value is -2.57. The summed E-state index contributed by atoms with van der Waals surface area (Å²) in [6.45, 7) is 0.344.